The van der Waals surface area contributed by atoms with E-state index in [0.717, 1.165) is 12.5 Å². The van der Waals surface area contributed by atoms with Crippen LogP contribution in [0.3, 0.4) is 0 Å². The van der Waals surface area contributed by atoms with Gasteiger partial charge in [0, 0.05) is 19.5 Å². The highest BCUT2D eigenvalue weighted by Gasteiger charge is 2.15. The smallest absolute Gasteiger partial charge is 0.240 e. The fraction of sp³-hybridized carbons (Fsp3) is 0.417. The topological polar surface area (TPSA) is 101 Å². The Morgan fingerprint density at radius 1 is 1.35 bits per heavy atom. The molecule has 0 spiro atoms. The minimum atomic E-state index is -3.84. The molecule has 4 N–H and O–H groups in total. The maximum atomic E-state index is 13.2. The number of benzene rings is 1. The first-order chi connectivity index (χ1) is 9.36. The molecule has 0 aliphatic heterocycles. The number of anilines is 1. The van der Waals surface area contributed by atoms with E-state index in [0.29, 0.717) is 6.54 Å². The normalized spacial score (nSPS) is 11.3. The zero-order chi connectivity index (χ0) is 15.2. The van der Waals surface area contributed by atoms with Crippen LogP contribution in [-0.4, -0.2) is 27.4 Å². The third kappa shape index (κ3) is 4.78. The van der Waals surface area contributed by atoms with Crippen molar-refractivity contribution in [1.29, 1.82) is 0 Å². The highest BCUT2D eigenvalue weighted by molar-refractivity contribution is 7.89. The second kappa shape index (κ2) is 7.20. The largest absolute Gasteiger partial charge is 0.396 e. The van der Waals surface area contributed by atoms with Crippen molar-refractivity contribution in [3.63, 3.8) is 0 Å². The third-order valence-corrected chi connectivity index (χ3v) is 3.96. The number of nitrogen functional groups attached to an aromatic ring is 1. The zero-order valence-electron chi connectivity index (χ0n) is 11.1. The predicted molar refractivity (Wildman–Crippen MR) is 73.9 cm³/mol. The van der Waals surface area contributed by atoms with Gasteiger partial charge in [-0.3, -0.25) is 4.79 Å². The Morgan fingerprint density at radius 3 is 2.65 bits per heavy atom. The monoisotopic (exact) mass is 303 g/mol. The number of nitrogens with one attached hydrogen (secondary N) is 2. The molecule has 0 atom stereocenters. The summed E-state index contributed by atoms with van der Waals surface area (Å²) in [4.78, 5) is 11.1. The SMILES string of the molecule is CCCNC(=O)CCNS(=O)(=O)c1ccc(N)c(F)c1. The van der Waals surface area contributed by atoms with Crippen molar-refractivity contribution in [1.82, 2.24) is 10.0 Å². The molecule has 0 unspecified atom stereocenters. The maximum Gasteiger partial charge on any atom is 0.240 e. The Bertz CT molecular complexity index is 575. The second-order valence-electron chi connectivity index (χ2n) is 4.18. The van der Waals surface area contributed by atoms with Crippen molar-refractivity contribution in [2.45, 2.75) is 24.7 Å². The molecule has 0 radical (unpaired) electrons. The minimum Gasteiger partial charge on any atom is -0.396 e. The summed E-state index contributed by atoms with van der Waals surface area (Å²) in [5, 5.41) is 2.62. The number of carbonyl (C=O) groups is 1. The molecular weight excluding hydrogens is 285 g/mol. The number of sulfonamides is 1. The number of carbonyl (C=O) groups excluding carboxylic acids is 1. The molecule has 0 saturated carbocycles. The van der Waals surface area contributed by atoms with Gasteiger partial charge >= 0.3 is 0 Å². The summed E-state index contributed by atoms with van der Waals surface area (Å²) in [7, 11) is -3.84. The lowest BCUT2D eigenvalue weighted by Crippen LogP contribution is -2.31. The molecule has 0 fully saturated rings. The quantitative estimate of drug-likeness (QED) is 0.642. The van der Waals surface area contributed by atoms with Gasteiger partial charge in [-0.2, -0.15) is 0 Å². The van der Waals surface area contributed by atoms with E-state index < -0.39 is 15.8 Å². The number of amides is 1. The van der Waals surface area contributed by atoms with E-state index in [1.807, 2.05) is 6.92 Å². The van der Waals surface area contributed by atoms with Crippen LogP contribution >= 0.6 is 0 Å². The minimum absolute atomic E-state index is 0.0245. The van der Waals surface area contributed by atoms with Crippen LogP contribution in [0.25, 0.3) is 0 Å². The molecule has 0 aliphatic rings. The fourth-order valence-corrected chi connectivity index (χ4v) is 2.45. The summed E-state index contributed by atoms with van der Waals surface area (Å²) in [5.74, 6) is -1.04. The molecule has 0 aliphatic carbocycles. The molecule has 0 aromatic heterocycles. The lowest BCUT2D eigenvalue weighted by molar-refractivity contribution is -0.120. The van der Waals surface area contributed by atoms with E-state index >= 15 is 0 Å². The van der Waals surface area contributed by atoms with Crippen molar-refractivity contribution in [3.05, 3.63) is 24.0 Å². The lowest BCUT2D eigenvalue weighted by atomic mass is 10.3. The predicted octanol–water partition coefficient (Wildman–Crippen LogP) is 0.603. The van der Waals surface area contributed by atoms with Gasteiger partial charge in [-0.25, -0.2) is 17.5 Å². The number of halogens is 1. The number of rotatable bonds is 7. The molecule has 1 aromatic rings. The van der Waals surface area contributed by atoms with E-state index in [1.54, 1.807) is 0 Å². The maximum absolute atomic E-state index is 13.2. The van der Waals surface area contributed by atoms with Crippen molar-refractivity contribution in [2.75, 3.05) is 18.8 Å². The molecule has 8 heteroatoms. The summed E-state index contributed by atoms with van der Waals surface area (Å²) in [6, 6.07) is 3.23. The van der Waals surface area contributed by atoms with Gasteiger partial charge in [0.05, 0.1) is 10.6 Å². The van der Waals surface area contributed by atoms with Gasteiger partial charge in [0.15, 0.2) is 0 Å². The van der Waals surface area contributed by atoms with Crippen LogP contribution in [0.4, 0.5) is 10.1 Å². The van der Waals surface area contributed by atoms with Crippen LogP contribution < -0.4 is 15.8 Å². The molecule has 0 bridgehead atoms. The van der Waals surface area contributed by atoms with Gasteiger partial charge in [-0.05, 0) is 24.6 Å². The van der Waals surface area contributed by atoms with Gasteiger partial charge in [0.25, 0.3) is 0 Å². The summed E-state index contributed by atoms with van der Waals surface area (Å²) >= 11 is 0. The van der Waals surface area contributed by atoms with Crippen LogP contribution in [-0.2, 0) is 14.8 Å². The van der Waals surface area contributed by atoms with Crippen molar-refractivity contribution >= 4 is 21.6 Å². The Labute approximate surface area is 117 Å². The Hall–Kier alpha value is -1.67. The van der Waals surface area contributed by atoms with Gasteiger partial charge in [-0.1, -0.05) is 6.92 Å². The molecule has 1 aromatic carbocycles. The average Bonchev–Trinajstić information content (AvgIpc) is 2.39. The van der Waals surface area contributed by atoms with Gasteiger partial charge < -0.3 is 11.1 Å². The molecule has 6 nitrogen and oxygen atoms in total. The van der Waals surface area contributed by atoms with E-state index in [9.17, 15) is 17.6 Å². The molecule has 1 amide bonds. The Balaban J connectivity index is 2.57. The van der Waals surface area contributed by atoms with Gasteiger partial charge in [0.2, 0.25) is 15.9 Å². The average molecular weight is 303 g/mol. The first-order valence-corrected chi connectivity index (χ1v) is 7.66. The summed E-state index contributed by atoms with van der Waals surface area (Å²) in [5.41, 5.74) is 5.15. The van der Waals surface area contributed by atoms with Gasteiger partial charge in [0.1, 0.15) is 5.82 Å². The molecular formula is C12H18FN3O3S. The van der Waals surface area contributed by atoms with Crippen LogP contribution in [0, 0.1) is 5.82 Å². The molecule has 0 saturated heterocycles. The molecule has 1 rings (SSSR count). The fourth-order valence-electron chi connectivity index (χ4n) is 1.41. The van der Waals surface area contributed by atoms with Gasteiger partial charge in [-0.15, -0.1) is 0 Å². The third-order valence-electron chi connectivity index (χ3n) is 2.50. The summed E-state index contributed by atoms with van der Waals surface area (Å²) in [6.45, 7) is 2.41. The van der Waals surface area contributed by atoms with Crippen LogP contribution in [0.15, 0.2) is 23.1 Å². The Kier molecular flexibility index (Phi) is 5.90. The van der Waals surface area contributed by atoms with E-state index in [-0.39, 0.29) is 29.5 Å². The van der Waals surface area contributed by atoms with E-state index in [1.165, 1.54) is 12.1 Å². The van der Waals surface area contributed by atoms with Crippen molar-refractivity contribution < 1.29 is 17.6 Å². The lowest BCUT2D eigenvalue weighted by Gasteiger charge is -2.08. The van der Waals surface area contributed by atoms with E-state index in [4.69, 9.17) is 5.73 Å². The molecule has 112 valence electrons. The second-order valence-corrected chi connectivity index (χ2v) is 5.95. The molecule has 20 heavy (non-hydrogen) atoms. The van der Waals surface area contributed by atoms with E-state index in [2.05, 4.69) is 10.0 Å². The highest BCUT2D eigenvalue weighted by atomic mass is 32.2. The van der Waals surface area contributed by atoms with Crippen LogP contribution in [0.1, 0.15) is 19.8 Å². The zero-order valence-corrected chi connectivity index (χ0v) is 12.0. The first-order valence-electron chi connectivity index (χ1n) is 6.18. The van der Waals surface area contributed by atoms with Crippen molar-refractivity contribution in [2.24, 2.45) is 0 Å². The highest BCUT2D eigenvalue weighted by Crippen LogP contribution is 2.15. The number of hydrogen-bond acceptors (Lipinski definition) is 4. The Morgan fingerprint density at radius 2 is 2.05 bits per heavy atom. The van der Waals surface area contributed by atoms with Crippen LogP contribution in [0.2, 0.25) is 0 Å². The van der Waals surface area contributed by atoms with Crippen LogP contribution in [0.5, 0.6) is 0 Å². The summed E-state index contributed by atoms with van der Waals surface area (Å²) < 4.78 is 39.1. The standard InChI is InChI=1S/C12H18FN3O3S/c1-2-6-15-12(17)5-7-16-20(18,19)9-3-4-11(14)10(13)8-9/h3-4,8,16H,2,5-7,14H2,1H3,(H,15,17). The number of hydrogen-bond donors (Lipinski definition) is 3. The molecule has 0 heterocycles. The number of nitrogens with two attached hydrogens (primary N) is 1. The summed E-state index contributed by atoms with van der Waals surface area (Å²) in [6.07, 6.45) is 0.832. The van der Waals surface area contributed by atoms with Crippen molar-refractivity contribution in [3.8, 4) is 0 Å². The first kappa shape index (κ1) is 16.4.